The Balaban J connectivity index is 2.04. The van der Waals surface area contributed by atoms with Gasteiger partial charge in [-0.1, -0.05) is 33.6 Å². The van der Waals surface area contributed by atoms with E-state index in [4.69, 9.17) is 4.74 Å². The van der Waals surface area contributed by atoms with Crippen molar-refractivity contribution >= 4 is 17.7 Å². The van der Waals surface area contributed by atoms with Crippen molar-refractivity contribution < 1.29 is 24.9 Å². The fourth-order valence-corrected chi connectivity index (χ4v) is 4.97. The lowest BCUT2D eigenvalue weighted by molar-refractivity contribution is -0.208. The second kappa shape index (κ2) is 11.1. The molecule has 2 aliphatic heterocycles. The molecule has 1 amide bonds. The molecule has 7 nitrogen and oxygen atoms in total. The zero-order chi connectivity index (χ0) is 20.8. The number of hydrogen-bond donors (Lipinski definition) is 5. The van der Waals surface area contributed by atoms with Gasteiger partial charge in [0.1, 0.15) is 29.9 Å². The SMILES string of the molecule is CCCC1CCNC(C(=O)NC(C(C)C)C2OC(SC)C(O)C(O)C2O)CC1. The first kappa shape index (κ1) is 23.9. The zero-order valence-electron chi connectivity index (χ0n) is 17.5. The molecule has 0 aromatic rings. The summed E-state index contributed by atoms with van der Waals surface area (Å²) in [5, 5.41) is 37.2. The Morgan fingerprint density at radius 2 is 1.89 bits per heavy atom. The van der Waals surface area contributed by atoms with Gasteiger partial charge in [-0.25, -0.2) is 0 Å². The van der Waals surface area contributed by atoms with Crippen LogP contribution in [0.15, 0.2) is 0 Å². The highest BCUT2D eigenvalue weighted by molar-refractivity contribution is 7.99. The average molecular weight is 419 g/mol. The molecule has 8 unspecified atom stereocenters. The Kier molecular flexibility index (Phi) is 9.50. The minimum atomic E-state index is -1.31. The second-order valence-corrected chi connectivity index (χ2v) is 9.42. The van der Waals surface area contributed by atoms with Gasteiger partial charge in [0.05, 0.1) is 12.1 Å². The van der Waals surface area contributed by atoms with E-state index in [0.717, 1.165) is 25.8 Å². The smallest absolute Gasteiger partial charge is 0.237 e. The van der Waals surface area contributed by atoms with Crippen LogP contribution >= 0.6 is 11.8 Å². The summed E-state index contributed by atoms with van der Waals surface area (Å²) in [4.78, 5) is 12.9. The van der Waals surface area contributed by atoms with E-state index in [9.17, 15) is 20.1 Å². The van der Waals surface area contributed by atoms with E-state index in [1.165, 1.54) is 24.6 Å². The van der Waals surface area contributed by atoms with Crippen molar-refractivity contribution in [1.82, 2.24) is 10.6 Å². The third kappa shape index (κ3) is 5.83. The summed E-state index contributed by atoms with van der Waals surface area (Å²) in [5.74, 6) is 0.568. The van der Waals surface area contributed by atoms with Gasteiger partial charge in [-0.15, -0.1) is 11.8 Å². The van der Waals surface area contributed by atoms with Crippen LogP contribution in [-0.2, 0) is 9.53 Å². The highest BCUT2D eigenvalue weighted by Crippen LogP contribution is 2.30. The van der Waals surface area contributed by atoms with Crippen molar-refractivity contribution in [1.29, 1.82) is 0 Å². The summed E-state index contributed by atoms with van der Waals surface area (Å²) in [6.07, 6.45) is 2.55. The van der Waals surface area contributed by atoms with Crippen LogP contribution in [0.5, 0.6) is 0 Å². The van der Waals surface area contributed by atoms with Gasteiger partial charge in [0.2, 0.25) is 5.91 Å². The van der Waals surface area contributed by atoms with E-state index in [1.54, 1.807) is 6.26 Å². The van der Waals surface area contributed by atoms with Crippen LogP contribution in [0.2, 0.25) is 0 Å². The number of nitrogens with one attached hydrogen (secondary N) is 2. The predicted octanol–water partition coefficient (Wildman–Crippen LogP) is 0.856. The van der Waals surface area contributed by atoms with Gasteiger partial charge in [-0.3, -0.25) is 4.79 Å². The predicted molar refractivity (Wildman–Crippen MR) is 111 cm³/mol. The van der Waals surface area contributed by atoms with Crippen LogP contribution in [-0.4, -0.2) is 76.0 Å². The highest BCUT2D eigenvalue weighted by atomic mass is 32.2. The lowest BCUT2D eigenvalue weighted by atomic mass is 9.88. The first-order valence-corrected chi connectivity index (χ1v) is 11.8. The number of thioether (sulfide) groups is 1. The van der Waals surface area contributed by atoms with Crippen LogP contribution in [0.3, 0.4) is 0 Å². The number of ether oxygens (including phenoxy) is 1. The average Bonchev–Trinajstić information content (AvgIpc) is 2.91. The number of amides is 1. The fourth-order valence-electron chi connectivity index (χ4n) is 4.29. The van der Waals surface area contributed by atoms with Gasteiger partial charge in [0, 0.05) is 0 Å². The normalized spacial score (nSPS) is 38.1. The quantitative estimate of drug-likeness (QED) is 0.417. The van der Waals surface area contributed by atoms with E-state index >= 15 is 0 Å². The Bertz CT molecular complexity index is 493. The Morgan fingerprint density at radius 3 is 2.50 bits per heavy atom. The summed E-state index contributed by atoms with van der Waals surface area (Å²) >= 11 is 1.28. The van der Waals surface area contributed by atoms with Crippen molar-refractivity contribution in [2.45, 2.75) is 94.8 Å². The van der Waals surface area contributed by atoms with Crippen molar-refractivity contribution in [3.8, 4) is 0 Å². The van der Waals surface area contributed by atoms with Crippen LogP contribution < -0.4 is 10.6 Å². The Labute approximate surface area is 173 Å². The van der Waals surface area contributed by atoms with Gasteiger partial charge in [-0.2, -0.15) is 0 Å². The molecule has 0 radical (unpaired) electrons. The highest BCUT2D eigenvalue weighted by Gasteiger charge is 2.47. The number of aliphatic hydroxyl groups is 3. The van der Waals surface area contributed by atoms with Crippen LogP contribution in [0.25, 0.3) is 0 Å². The minimum absolute atomic E-state index is 0.00725. The number of aliphatic hydroxyl groups excluding tert-OH is 3. The monoisotopic (exact) mass is 418 g/mol. The van der Waals surface area contributed by atoms with Gasteiger partial charge >= 0.3 is 0 Å². The van der Waals surface area contributed by atoms with Crippen molar-refractivity contribution in [2.24, 2.45) is 11.8 Å². The van der Waals surface area contributed by atoms with Gasteiger partial charge in [0.25, 0.3) is 0 Å². The molecule has 5 N–H and O–H groups in total. The van der Waals surface area contributed by atoms with Crippen LogP contribution in [0.4, 0.5) is 0 Å². The molecule has 8 atom stereocenters. The largest absolute Gasteiger partial charge is 0.388 e. The van der Waals surface area contributed by atoms with Crippen molar-refractivity contribution in [3.63, 3.8) is 0 Å². The van der Waals surface area contributed by atoms with E-state index in [-0.39, 0.29) is 17.9 Å². The fraction of sp³-hybridized carbons (Fsp3) is 0.950. The lowest BCUT2D eigenvalue weighted by Crippen LogP contribution is -2.64. The minimum Gasteiger partial charge on any atom is -0.388 e. The third-order valence-corrected chi connectivity index (χ3v) is 6.89. The molecule has 8 heteroatoms. The molecule has 2 fully saturated rings. The standard InChI is InChI=1S/C20H38N2O5S/c1-5-6-12-7-8-13(21-10-9-12)19(26)22-14(11(2)3)18-16(24)15(23)17(25)20(27-18)28-4/h11-18,20-21,23-25H,5-10H2,1-4H3,(H,22,26). The maximum atomic E-state index is 12.9. The molecule has 0 aromatic carbocycles. The van der Waals surface area contributed by atoms with Gasteiger partial charge in [-0.05, 0) is 43.9 Å². The first-order chi connectivity index (χ1) is 13.3. The topological polar surface area (TPSA) is 111 Å². The van der Waals surface area contributed by atoms with Crippen molar-refractivity contribution in [2.75, 3.05) is 12.8 Å². The van der Waals surface area contributed by atoms with Crippen molar-refractivity contribution in [3.05, 3.63) is 0 Å². The molecule has 164 valence electrons. The Hall–Kier alpha value is -0.380. The molecule has 0 aromatic heterocycles. The number of rotatable bonds is 7. The summed E-state index contributed by atoms with van der Waals surface area (Å²) < 4.78 is 5.88. The molecule has 2 rings (SSSR count). The van der Waals surface area contributed by atoms with E-state index in [2.05, 4.69) is 17.6 Å². The molecule has 2 aliphatic rings. The maximum absolute atomic E-state index is 12.9. The number of carbonyl (C=O) groups is 1. The molecular formula is C20H38N2O5S. The lowest BCUT2D eigenvalue weighted by Gasteiger charge is -2.44. The van der Waals surface area contributed by atoms with Gasteiger partial charge in [0.15, 0.2) is 0 Å². The summed E-state index contributed by atoms with van der Waals surface area (Å²) in [6, 6.07) is -0.716. The molecule has 2 saturated heterocycles. The molecule has 0 aliphatic carbocycles. The Morgan fingerprint density at radius 1 is 1.18 bits per heavy atom. The molecule has 0 spiro atoms. The number of hydrogen-bond acceptors (Lipinski definition) is 7. The molecule has 0 saturated carbocycles. The molecule has 28 heavy (non-hydrogen) atoms. The van der Waals surface area contributed by atoms with E-state index in [0.29, 0.717) is 5.92 Å². The van der Waals surface area contributed by atoms with Gasteiger partial charge < -0.3 is 30.7 Å². The maximum Gasteiger partial charge on any atom is 0.237 e. The van der Waals surface area contributed by atoms with E-state index in [1.807, 2.05) is 13.8 Å². The summed E-state index contributed by atoms with van der Waals surface area (Å²) in [6.45, 7) is 6.92. The summed E-state index contributed by atoms with van der Waals surface area (Å²) in [7, 11) is 0. The number of carbonyl (C=O) groups excluding carboxylic acids is 1. The molecule has 0 bridgehead atoms. The van der Waals surface area contributed by atoms with Crippen LogP contribution in [0.1, 0.15) is 52.9 Å². The van der Waals surface area contributed by atoms with Crippen LogP contribution in [0, 0.1) is 11.8 Å². The molecule has 2 heterocycles. The summed E-state index contributed by atoms with van der Waals surface area (Å²) in [5.41, 5.74) is -0.646. The van der Waals surface area contributed by atoms with E-state index < -0.39 is 35.9 Å². The second-order valence-electron chi connectivity index (χ2n) is 8.48. The third-order valence-electron chi connectivity index (χ3n) is 6.04. The molecular weight excluding hydrogens is 380 g/mol. The zero-order valence-corrected chi connectivity index (χ0v) is 18.3. The first-order valence-electron chi connectivity index (χ1n) is 10.6.